The van der Waals surface area contributed by atoms with Crippen LogP contribution < -0.4 is 10.1 Å². The van der Waals surface area contributed by atoms with Crippen molar-refractivity contribution in [2.45, 2.75) is 23.5 Å². The second-order valence-corrected chi connectivity index (χ2v) is 11.0. The average Bonchev–Trinajstić information content (AvgIpc) is 3.26. The Hall–Kier alpha value is -3.05. The molecule has 0 radical (unpaired) electrons. The number of rotatable bonds is 9. The van der Waals surface area contributed by atoms with Crippen molar-refractivity contribution >= 4 is 26.8 Å². The van der Waals surface area contributed by atoms with E-state index in [-0.39, 0.29) is 35.4 Å². The van der Waals surface area contributed by atoms with Crippen molar-refractivity contribution in [1.82, 2.24) is 19.5 Å². The predicted molar refractivity (Wildman–Crippen MR) is 133 cm³/mol. The van der Waals surface area contributed by atoms with Gasteiger partial charge in [-0.1, -0.05) is 30.3 Å². The molecule has 2 N–H and O–H groups in total. The molecule has 4 rings (SSSR count). The number of benzene rings is 2. The lowest BCUT2D eigenvalue weighted by molar-refractivity contribution is -0.124. The summed E-state index contributed by atoms with van der Waals surface area (Å²) in [4.78, 5) is 19.4. The molecule has 0 bridgehead atoms. The van der Waals surface area contributed by atoms with Crippen LogP contribution in [0.5, 0.6) is 5.88 Å². The zero-order valence-electron chi connectivity index (χ0n) is 19.8. The van der Waals surface area contributed by atoms with E-state index < -0.39 is 10.0 Å². The van der Waals surface area contributed by atoms with Crippen molar-refractivity contribution in [3.8, 4) is 5.88 Å². The van der Waals surface area contributed by atoms with Crippen molar-refractivity contribution < 1.29 is 23.1 Å². The van der Waals surface area contributed by atoms with E-state index in [4.69, 9.17) is 4.74 Å². The van der Waals surface area contributed by atoms with E-state index in [1.165, 1.54) is 20.2 Å². The van der Waals surface area contributed by atoms with E-state index in [0.29, 0.717) is 24.0 Å². The minimum Gasteiger partial charge on any atom is -0.468 e. The standard InChI is InChI=1S/C25H30N4O5S/c1-28(2)35(32,33)21-9-10-22-19(14-21)8-11-25(27-22)34-17-24(31)26-23(18-6-4-3-5-7-18)16-29-13-12-20(30)15-29/h3-11,14,20,23,30H,12-13,15-17H2,1-2H3,(H,26,31)/t20-,23+/m0/s1. The van der Waals surface area contributed by atoms with Gasteiger partial charge in [0.2, 0.25) is 15.9 Å². The van der Waals surface area contributed by atoms with Crippen molar-refractivity contribution in [3.05, 3.63) is 66.2 Å². The van der Waals surface area contributed by atoms with Crippen LogP contribution in [-0.4, -0.2) is 80.1 Å². The molecule has 2 atom stereocenters. The number of hydrogen-bond donors (Lipinski definition) is 2. The maximum atomic E-state index is 12.7. The van der Waals surface area contributed by atoms with Gasteiger partial charge < -0.3 is 15.2 Å². The number of sulfonamides is 1. The van der Waals surface area contributed by atoms with Crippen molar-refractivity contribution in [2.24, 2.45) is 0 Å². The first-order chi connectivity index (χ1) is 16.7. The number of ether oxygens (including phenoxy) is 1. The number of hydrogen-bond acceptors (Lipinski definition) is 7. The zero-order valence-corrected chi connectivity index (χ0v) is 20.6. The van der Waals surface area contributed by atoms with Gasteiger partial charge in [0.25, 0.3) is 5.91 Å². The molecule has 1 aliphatic rings. The summed E-state index contributed by atoms with van der Waals surface area (Å²) < 4.78 is 31.5. The van der Waals surface area contributed by atoms with Crippen LogP contribution in [0.25, 0.3) is 10.9 Å². The third-order valence-electron chi connectivity index (χ3n) is 5.99. The molecular weight excluding hydrogens is 468 g/mol. The summed E-state index contributed by atoms with van der Waals surface area (Å²) >= 11 is 0. The molecule has 35 heavy (non-hydrogen) atoms. The summed E-state index contributed by atoms with van der Waals surface area (Å²) in [5.74, 6) is -0.0114. The Labute approximate surface area is 205 Å². The predicted octanol–water partition coefficient (Wildman–Crippen LogP) is 1.79. The molecule has 3 aromatic rings. The number of aromatic nitrogens is 1. The van der Waals surface area contributed by atoms with Crippen LogP contribution in [-0.2, 0) is 14.8 Å². The lowest BCUT2D eigenvalue weighted by Gasteiger charge is -2.25. The van der Waals surface area contributed by atoms with Gasteiger partial charge in [0, 0.05) is 45.2 Å². The highest BCUT2D eigenvalue weighted by Crippen LogP contribution is 2.22. The Morgan fingerprint density at radius 2 is 1.97 bits per heavy atom. The van der Waals surface area contributed by atoms with Gasteiger partial charge in [-0.3, -0.25) is 9.69 Å². The fourth-order valence-electron chi connectivity index (χ4n) is 4.07. The minimum absolute atomic E-state index is 0.183. The first-order valence-electron chi connectivity index (χ1n) is 11.4. The second kappa shape index (κ2) is 10.7. The summed E-state index contributed by atoms with van der Waals surface area (Å²) in [6, 6.07) is 17.5. The number of aliphatic hydroxyl groups excluding tert-OH is 1. The number of carbonyl (C=O) groups is 1. The number of β-amino-alcohol motifs (C(OH)–C–C–N with tert-alkyl or cyclic N) is 1. The van der Waals surface area contributed by atoms with E-state index in [2.05, 4.69) is 15.2 Å². The van der Waals surface area contributed by atoms with Gasteiger partial charge in [-0.05, 0) is 36.2 Å². The van der Waals surface area contributed by atoms with E-state index >= 15 is 0 Å². The molecule has 1 aliphatic heterocycles. The number of nitrogens with zero attached hydrogens (tertiary/aromatic N) is 3. The normalized spacial score (nSPS) is 17.5. The van der Waals surface area contributed by atoms with Gasteiger partial charge in [-0.25, -0.2) is 17.7 Å². The number of carbonyl (C=O) groups excluding carboxylic acids is 1. The lowest BCUT2D eigenvalue weighted by Crippen LogP contribution is -2.39. The van der Waals surface area contributed by atoms with Gasteiger partial charge >= 0.3 is 0 Å². The Bertz CT molecular complexity index is 1280. The van der Waals surface area contributed by atoms with Gasteiger partial charge in [0.05, 0.1) is 22.6 Å². The summed E-state index contributed by atoms with van der Waals surface area (Å²) in [5, 5.41) is 13.5. The highest BCUT2D eigenvalue weighted by atomic mass is 32.2. The highest BCUT2D eigenvalue weighted by molar-refractivity contribution is 7.89. The molecule has 9 nitrogen and oxygen atoms in total. The zero-order chi connectivity index (χ0) is 25.0. The summed E-state index contributed by atoms with van der Waals surface area (Å²) in [6.45, 7) is 1.76. The molecule has 0 aliphatic carbocycles. The SMILES string of the molecule is CN(C)S(=O)(=O)c1ccc2nc(OCC(=O)N[C@H](CN3CC[C@H](O)C3)c3ccccc3)ccc2c1. The van der Waals surface area contributed by atoms with Crippen molar-refractivity contribution in [1.29, 1.82) is 0 Å². The number of aliphatic hydroxyl groups is 1. The molecule has 10 heteroatoms. The van der Waals surface area contributed by atoms with Crippen LogP contribution in [0.4, 0.5) is 0 Å². The maximum Gasteiger partial charge on any atom is 0.258 e. The van der Waals surface area contributed by atoms with Crippen LogP contribution in [0.2, 0.25) is 0 Å². The topological polar surface area (TPSA) is 112 Å². The molecular formula is C25H30N4O5S. The monoisotopic (exact) mass is 498 g/mol. The molecule has 2 heterocycles. The number of fused-ring (bicyclic) bond motifs is 1. The minimum atomic E-state index is -3.54. The molecule has 0 unspecified atom stereocenters. The molecule has 1 saturated heterocycles. The second-order valence-electron chi connectivity index (χ2n) is 8.81. The molecule has 0 spiro atoms. The van der Waals surface area contributed by atoms with Gasteiger partial charge in [0.15, 0.2) is 6.61 Å². The quantitative estimate of drug-likeness (QED) is 0.463. The Kier molecular flexibility index (Phi) is 7.66. The van der Waals surface area contributed by atoms with E-state index in [1.807, 2.05) is 30.3 Å². The smallest absolute Gasteiger partial charge is 0.258 e. The van der Waals surface area contributed by atoms with Crippen LogP contribution in [0, 0.1) is 0 Å². The first-order valence-corrected chi connectivity index (χ1v) is 12.9. The number of likely N-dealkylation sites (tertiary alicyclic amines) is 1. The van der Waals surface area contributed by atoms with Crippen LogP contribution in [0.1, 0.15) is 18.0 Å². The highest BCUT2D eigenvalue weighted by Gasteiger charge is 2.25. The third kappa shape index (κ3) is 6.15. The number of amides is 1. The van der Waals surface area contributed by atoms with Crippen LogP contribution in [0.3, 0.4) is 0 Å². The largest absolute Gasteiger partial charge is 0.468 e. The van der Waals surface area contributed by atoms with Crippen molar-refractivity contribution in [2.75, 3.05) is 40.3 Å². The first kappa shape index (κ1) is 25.1. The molecule has 2 aromatic carbocycles. The molecule has 1 aromatic heterocycles. The average molecular weight is 499 g/mol. The van der Waals surface area contributed by atoms with Crippen LogP contribution >= 0.6 is 0 Å². The van der Waals surface area contributed by atoms with Crippen molar-refractivity contribution in [3.63, 3.8) is 0 Å². The van der Waals surface area contributed by atoms with Gasteiger partial charge in [0.1, 0.15) is 0 Å². The van der Waals surface area contributed by atoms with Gasteiger partial charge in [-0.2, -0.15) is 0 Å². The lowest BCUT2D eigenvalue weighted by atomic mass is 10.1. The summed E-state index contributed by atoms with van der Waals surface area (Å²) in [5.41, 5.74) is 1.55. The fourth-order valence-corrected chi connectivity index (χ4v) is 5.01. The van der Waals surface area contributed by atoms with Gasteiger partial charge in [-0.15, -0.1) is 0 Å². The van der Waals surface area contributed by atoms with E-state index in [0.717, 1.165) is 22.8 Å². The maximum absolute atomic E-state index is 12.7. The molecule has 1 fully saturated rings. The van der Waals surface area contributed by atoms with E-state index in [1.54, 1.807) is 24.3 Å². The van der Waals surface area contributed by atoms with E-state index in [9.17, 15) is 18.3 Å². The number of nitrogens with one attached hydrogen (secondary N) is 1. The Balaban J connectivity index is 1.41. The summed E-state index contributed by atoms with van der Waals surface area (Å²) in [7, 11) is -0.577. The fraction of sp³-hybridized carbons (Fsp3) is 0.360. The molecule has 0 saturated carbocycles. The number of pyridine rings is 1. The summed E-state index contributed by atoms with van der Waals surface area (Å²) in [6.07, 6.45) is 0.401. The Morgan fingerprint density at radius 1 is 1.20 bits per heavy atom. The Morgan fingerprint density at radius 3 is 2.66 bits per heavy atom. The molecule has 1 amide bonds. The third-order valence-corrected chi connectivity index (χ3v) is 7.80. The van der Waals surface area contributed by atoms with Crippen LogP contribution in [0.15, 0.2) is 65.6 Å². The molecule has 186 valence electrons.